The Morgan fingerprint density at radius 2 is 1.67 bits per heavy atom. The number of phenolic OH excluding ortho intramolecular Hbond substituents is 1. The predicted octanol–water partition coefficient (Wildman–Crippen LogP) is 6.98. The zero-order valence-corrected chi connectivity index (χ0v) is 41.9. The highest BCUT2D eigenvalue weighted by Crippen LogP contribution is 2.54. The Bertz CT molecular complexity index is 3030. The minimum atomic E-state index is -0.962. The Morgan fingerprint density at radius 3 is 2.41 bits per heavy atom. The molecular formula is C56H65F2N9O6. The summed E-state index contributed by atoms with van der Waals surface area (Å²) < 4.78 is 38.8. The maximum absolute atomic E-state index is 17.2. The summed E-state index contributed by atoms with van der Waals surface area (Å²) in [4.78, 5) is 62.8. The van der Waals surface area contributed by atoms with Crippen LogP contribution in [0.2, 0.25) is 0 Å². The summed E-state index contributed by atoms with van der Waals surface area (Å²) in [5, 5.41) is 25.7. The minimum absolute atomic E-state index is 0.0193. The number of amides is 3. The van der Waals surface area contributed by atoms with E-state index in [0.717, 1.165) is 82.9 Å². The molecule has 2 atom stereocenters. The van der Waals surface area contributed by atoms with Gasteiger partial charge in [0, 0.05) is 93.7 Å². The lowest BCUT2D eigenvalue weighted by Gasteiger charge is -2.54. The average molecular weight is 998 g/mol. The van der Waals surface area contributed by atoms with Crippen LogP contribution in [0.4, 0.5) is 20.3 Å². The summed E-state index contributed by atoms with van der Waals surface area (Å²) in [7, 11) is 0. The largest absolute Gasteiger partial charge is 0.508 e. The number of β-amino-alcohol motifs (C(OH)–C–C–N with tert-alkyl or cyclic N) is 1. The van der Waals surface area contributed by atoms with Gasteiger partial charge < -0.3 is 34.5 Å². The number of ether oxygens (including phenoxy) is 1. The number of likely N-dealkylation sites (tertiary alicyclic amines) is 1. The molecular weight excluding hydrogens is 933 g/mol. The number of pyridine rings is 1. The van der Waals surface area contributed by atoms with Crippen molar-refractivity contribution in [2.75, 3.05) is 81.9 Å². The smallest absolute Gasteiger partial charge is 0.319 e. The predicted molar refractivity (Wildman–Crippen MR) is 272 cm³/mol. The number of carbonyl (C=O) groups excluding carboxylic acids is 3. The highest BCUT2D eigenvalue weighted by molar-refractivity contribution is 6.06. The molecule has 0 radical (unpaired) electrons. The van der Waals surface area contributed by atoms with Crippen molar-refractivity contribution in [1.82, 2.24) is 35.0 Å². The van der Waals surface area contributed by atoms with Gasteiger partial charge in [-0.3, -0.25) is 29.6 Å². The fraction of sp³-hybridized carbons (Fsp3) is 0.536. The summed E-state index contributed by atoms with van der Waals surface area (Å²) in [5.74, 6) is -0.863. The van der Waals surface area contributed by atoms with Gasteiger partial charge in [0.25, 0.3) is 5.91 Å². The van der Waals surface area contributed by atoms with Gasteiger partial charge in [-0.2, -0.15) is 9.97 Å². The number of nitrogens with zero attached hydrogens (tertiary/aromatic N) is 8. The van der Waals surface area contributed by atoms with E-state index >= 15 is 8.78 Å². The van der Waals surface area contributed by atoms with E-state index in [2.05, 4.69) is 31.1 Å². The number of piperidine rings is 3. The third-order valence-corrected chi connectivity index (χ3v) is 17.5. The third kappa shape index (κ3) is 9.13. The number of fused-ring (bicyclic) bond motifs is 3. The average Bonchev–Trinajstić information content (AvgIpc) is 4.06. The number of aromatic nitrogens is 3. The first kappa shape index (κ1) is 47.9. The molecule has 17 heteroatoms. The number of anilines is 2. The molecule has 1 spiro atoms. The van der Waals surface area contributed by atoms with Gasteiger partial charge in [-0.15, -0.1) is 0 Å². The van der Waals surface area contributed by atoms with Gasteiger partial charge >= 0.3 is 6.01 Å². The molecule has 73 heavy (non-hydrogen) atoms. The fourth-order valence-corrected chi connectivity index (χ4v) is 13.4. The van der Waals surface area contributed by atoms with Crippen molar-refractivity contribution in [2.24, 2.45) is 16.7 Å². The summed E-state index contributed by atoms with van der Waals surface area (Å²) >= 11 is 0. The Labute approximate surface area is 423 Å². The molecule has 5 aromatic rings. The molecule has 6 fully saturated rings. The molecule has 15 nitrogen and oxygen atoms in total. The lowest BCUT2D eigenvalue weighted by molar-refractivity contribution is -0.136. The van der Waals surface area contributed by atoms with Crippen LogP contribution in [0.5, 0.6) is 11.8 Å². The maximum Gasteiger partial charge on any atom is 0.319 e. The van der Waals surface area contributed by atoms with E-state index in [1.807, 2.05) is 24.0 Å². The van der Waals surface area contributed by atoms with Crippen LogP contribution in [-0.4, -0.2) is 141 Å². The molecule has 0 bridgehead atoms. The maximum atomic E-state index is 17.2. The SMILES string of the molecule is CCc1c(F)ccc2cc(O)cc(-c3ncc4c(N5CCC[C@@](C)(O)C5)nc(OCC5(CN6CCC7(CC6)CC(CN6CCN(c8ccc9c(c8)CN([C@H]8CCC(=O)NC8=O)C9=O)CC6)C7)CC5)nc4c3F)c12. The van der Waals surface area contributed by atoms with Gasteiger partial charge in [-0.25, -0.2) is 8.78 Å². The quantitative estimate of drug-likeness (QED) is 0.110. The van der Waals surface area contributed by atoms with Crippen LogP contribution in [0.1, 0.15) is 99.5 Å². The lowest BCUT2D eigenvalue weighted by atomic mass is 9.57. The summed E-state index contributed by atoms with van der Waals surface area (Å²) in [6.45, 7) is 13.4. The first-order valence-electron chi connectivity index (χ1n) is 26.5. The van der Waals surface area contributed by atoms with Gasteiger partial charge in [0.1, 0.15) is 34.6 Å². The minimum Gasteiger partial charge on any atom is -0.508 e. The van der Waals surface area contributed by atoms with Crippen LogP contribution in [0.3, 0.4) is 0 Å². The number of imide groups is 1. The molecule has 2 aliphatic carbocycles. The summed E-state index contributed by atoms with van der Waals surface area (Å²) in [6, 6.07) is 11.4. The number of aliphatic hydroxyl groups is 1. The lowest BCUT2D eigenvalue weighted by Crippen LogP contribution is -2.53. The van der Waals surface area contributed by atoms with Crippen LogP contribution < -0.4 is 19.9 Å². The first-order chi connectivity index (χ1) is 35.1. The van der Waals surface area contributed by atoms with E-state index in [-0.39, 0.29) is 58.1 Å². The van der Waals surface area contributed by atoms with Crippen molar-refractivity contribution < 1.29 is 38.1 Å². The van der Waals surface area contributed by atoms with Crippen molar-refractivity contribution in [3.05, 3.63) is 77.0 Å². The van der Waals surface area contributed by atoms with E-state index in [4.69, 9.17) is 14.7 Å². The molecule has 7 aliphatic rings. The van der Waals surface area contributed by atoms with Crippen molar-refractivity contribution in [3.63, 3.8) is 0 Å². The number of carbonyl (C=O) groups is 3. The number of piperazine rings is 1. The number of hydrogen-bond donors (Lipinski definition) is 3. The molecule has 384 valence electrons. The molecule has 7 heterocycles. The number of nitrogens with one attached hydrogen (secondary N) is 1. The van der Waals surface area contributed by atoms with Crippen molar-refractivity contribution in [3.8, 4) is 23.0 Å². The van der Waals surface area contributed by atoms with Crippen LogP contribution in [0, 0.1) is 28.4 Å². The molecule has 2 saturated carbocycles. The van der Waals surface area contributed by atoms with Crippen LogP contribution in [0.15, 0.2) is 48.7 Å². The second-order valence-electron chi connectivity index (χ2n) is 22.9. The Kier molecular flexibility index (Phi) is 12.1. The number of halogens is 2. The van der Waals surface area contributed by atoms with E-state index in [9.17, 15) is 24.6 Å². The number of hydrogen-bond acceptors (Lipinski definition) is 13. The number of aryl methyl sites for hydroxylation is 1. The fourth-order valence-electron chi connectivity index (χ4n) is 13.4. The Morgan fingerprint density at radius 1 is 0.877 bits per heavy atom. The van der Waals surface area contributed by atoms with Gasteiger partial charge in [-0.1, -0.05) is 13.0 Å². The molecule has 12 rings (SSSR count). The van der Waals surface area contributed by atoms with Crippen LogP contribution >= 0.6 is 0 Å². The highest BCUT2D eigenvalue weighted by atomic mass is 19.1. The molecule has 3 amide bonds. The highest BCUT2D eigenvalue weighted by Gasteiger charge is 2.50. The number of rotatable bonds is 12. The Balaban J connectivity index is 0.660. The van der Waals surface area contributed by atoms with Crippen molar-refractivity contribution in [2.45, 2.75) is 103 Å². The van der Waals surface area contributed by atoms with Gasteiger partial charge in [0.15, 0.2) is 5.82 Å². The summed E-state index contributed by atoms with van der Waals surface area (Å²) in [5.41, 5.74) is 2.77. The molecule has 3 N–H and O–H groups in total. The third-order valence-electron chi connectivity index (χ3n) is 17.5. The van der Waals surface area contributed by atoms with E-state index in [1.165, 1.54) is 37.8 Å². The molecule has 2 aromatic heterocycles. The van der Waals surface area contributed by atoms with Crippen LogP contribution in [-0.2, 0) is 22.6 Å². The molecule has 5 aliphatic heterocycles. The molecule has 3 aromatic carbocycles. The zero-order chi connectivity index (χ0) is 50.4. The topological polar surface area (TPSA) is 168 Å². The Hall–Kier alpha value is -6.04. The van der Waals surface area contributed by atoms with Gasteiger partial charge in [0.2, 0.25) is 11.8 Å². The van der Waals surface area contributed by atoms with Crippen molar-refractivity contribution in [1.29, 1.82) is 0 Å². The van der Waals surface area contributed by atoms with E-state index in [1.54, 1.807) is 30.2 Å². The van der Waals surface area contributed by atoms with Crippen LogP contribution in [0.25, 0.3) is 32.9 Å². The first-order valence-corrected chi connectivity index (χ1v) is 26.5. The molecule has 4 saturated heterocycles. The summed E-state index contributed by atoms with van der Waals surface area (Å²) in [6.07, 6.45) is 10.9. The second kappa shape index (κ2) is 18.4. The standard InChI is InChI=1S/C56H65F2N9O6/c1-3-39-43(57)8-5-35-24-38(68)25-41(46(35)39)48-47(58)49-42(28-59-48)50(66-16-4-11-54(2,72)31-66)62-53(61-49)73-33-56(12-13-56)32-64-17-14-55(15-18-64)26-34(27-55)29-63-19-21-65(22-20-63)37-6-7-40-36(23-37)30-67(52(40)71)44-9-10-45(69)60-51(44)70/h5-8,23-25,28,34,44,68,72H,3-4,9-22,26-27,29-33H2,1-2H3,(H,60,69,70)/t44-,54+/m0/s1. The zero-order valence-electron chi connectivity index (χ0n) is 41.9. The van der Waals surface area contributed by atoms with Gasteiger partial charge in [0.05, 0.1) is 17.6 Å². The van der Waals surface area contributed by atoms with Gasteiger partial charge in [-0.05, 0) is 154 Å². The number of phenols is 1. The van der Waals surface area contributed by atoms with Crippen molar-refractivity contribution >= 4 is 50.9 Å². The number of aromatic hydroxyl groups is 1. The second-order valence-corrected chi connectivity index (χ2v) is 22.9. The monoisotopic (exact) mass is 998 g/mol. The normalized spacial score (nSPS) is 24.4. The number of benzene rings is 3. The van der Waals surface area contributed by atoms with E-state index in [0.29, 0.717) is 89.9 Å². The van der Waals surface area contributed by atoms with E-state index < -0.39 is 23.3 Å². The molecule has 0 unspecified atom stereocenters.